The third-order valence-corrected chi connectivity index (χ3v) is 6.96. The number of halogens is 3. The minimum Gasteiger partial charge on any atom is -0.492 e. The Kier molecular flexibility index (Phi) is 5.13. The highest BCUT2D eigenvalue weighted by Gasteiger charge is 2.54. The summed E-state index contributed by atoms with van der Waals surface area (Å²) in [6.07, 6.45) is 2.21. The SMILES string of the molecule is O=C(c1ccc(OCC2CC(F)(F)C2)c(Cl)c1)N1CC[C@@]2(c3ccccn3)CO[C@H]2C1. The zero-order valence-electron chi connectivity index (χ0n) is 16.9. The first kappa shape index (κ1) is 20.6. The van der Waals surface area contributed by atoms with E-state index in [2.05, 4.69) is 4.98 Å². The molecule has 2 aliphatic heterocycles. The van der Waals surface area contributed by atoms with E-state index in [1.807, 2.05) is 18.2 Å². The van der Waals surface area contributed by atoms with Crippen LogP contribution in [-0.4, -0.2) is 54.1 Å². The van der Waals surface area contributed by atoms with Gasteiger partial charge in [-0.05, 0) is 36.8 Å². The maximum atomic E-state index is 13.0. The van der Waals surface area contributed by atoms with Gasteiger partial charge in [-0.3, -0.25) is 9.78 Å². The molecule has 2 atom stereocenters. The van der Waals surface area contributed by atoms with Crippen LogP contribution in [0.25, 0.3) is 0 Å². The Hall–Kier alpha value is -2.25. The van der Waals surface area contributed by atoms with Crippen molar-refractivity contribution in [3.05, 3.63) is 58.9 Å². The van der Waals surface area contributed by atoms with E-state index in [1.54, 1.807) is 29.3 Å². The average Bonchev–Trinajstić information content (AvgIpc) is 2.72. The Bertz CT molecular complexity index is 982. The van der Waals surface area contributed by atoms with E-state index < -0.39 is 5.92 Å². The van der Waals surface area contributed by atoms with Gasteiger partial charge >= 0.3 is 0 Å². The van der Waals surface area contributed by atoms with Crippen molar-refractivity contribution in [2.24, 2.45) is 5.92 Å². The van der Waals surface area contributed by atoms with Crippen molar-refractivity contribution in [1.29, 1.82) is 0 Å². The molecule has 8 heteroatoms. The van der Waals surface area contributed by atoms with Gasteiger partial charge in [-0.15, -0.1) is 0 Å². The summed E-state index contributed by atoms with van der Waals surface area (Å²) in [5, 5.41) is 0.302. The van der Waals surface area contributed by atoms with E-state index in [-0.39, 0.29) is 42.8 Å². The molecule has 164 valence electrons. The van der Waals surface area contributed by atoms with Crippen molar-refractivity contribution in [2.45, 2.75) is 36.7 Å². The third kappa shape index (κ3) is 3.78. The smallest absolute Gasteiger partial charge is 0.253 e. The van der Waals surface area contributed by atoms with Crippen molar-refractivity contribution in [1.82, 2.24) is 9.88 Å². The van der Waals surface area contributed by atoms with Crippen LogP contribution in [0.15, 0.2) is 42.6 Å². The summed E-state index contributed by atoms with van der Waals surface area (Å²) >= 11 is 6.30. The van der Waals surface area contributed by atoms with Gasteiger partial charge in [-0.1, -0.05) is 17.7 Å². The van der Waals surface area contributed by atoms with Crippen LogP contribution in [0.3, 0.4) is 0 Å². The molecule has 3 heterocycles. The summed E-state index contributed by atoms with van der Waals surface area (Å²) < 4.78 is 37.3. The van der Waals surface area contributed by atoms with Crippen LogP contribution in [0, 0.1) is 5.92 Å². The van der Waals surface area contributed by atoms with Crippen LogP contribution in [0.5, 0.6) is 5.75 Å². The number of likely N-dealkylation sites (tertiary alicyclic amines) is 1. The first-order valence-electron chi connectivity index (χ1n) is 10.5. The fourth-order valence-corrected chi connectivity index (χ4v) is 4.98. The highest BCUT2D eigenvalue weighted by molar-refractivity contribution is 6.32. The number of hydrogen-bond acceptors (Lipinski definition) is 4. The first-order valence-corrected chi connectivity index (χ1v) is 10.9. The summed E-state index contributed by atoms with van der Waals surface area (Å²) in [6, 6.07) is 10.8. The number of amides is 1. The minimum absolute atomic E-state index is 0.0706. The van der Waals surface area contributed by atoms with E-state index in [0.29, 0.717) is 36.0 Å². The molecule has 0 N–H and O–H groups in total. The lowest BCUT2D eigenvalue weighted by Crippen LogP contribution is -2.65. The number of alkyl halides is 2. The Morgan fingerprint density at radius 2 is 2.13 bits per heavy atom. The van der Waals surface area contributed by atoms with Crippen LogP contribution in [0.2, 0.25) is 5.02 Å². The summed E-state index contributed by atoms with van der Waals surface area (Å²) in [4.78, 5) is 19.3. The van der Waals surface area contributed by atoms with Crippen LogP contribution in [0.1, 0.15) is 35.3 Å². The van der Waals surface area contributed by atoms with Gasteiger partial charge in [-0.25, -0.2) is 8.78 Å². The number of carbonyl (C=O) groups excluding carboxylic acids is 1. The number of aromatic nitrogens is 1. The van der Waals surface area contributed by atoms with Crippen LogP contribution < -0.4 is 4.74 Å². The lowest BCUT2D eigenvalue weighted by atomic mass is 9.70. The average molecular weight is 449 g/mol. The molecule has 1 saturated carbocycles. The molecule has 2 saturated heterocycles. The van der Waals surface area contributed by atoms with Gasteiger partial charge in [0.2, 0.25) is 5.92 Å². The van der Waals surface area contributed by atoms with Gasteiger partial charge in [0.25, 0.3) is 5.91 Å². The number of rotatable bonds is 5. The zero-order chi connectivity index (χ0) is 21.6. The third-order valence-electron chi connectivity index (χ3n) is 6.66. The van der Waals surface area contributed by atoms with Crippen molar-refractivity contribution in [3.8, 4) is 5.75 Å². The van der Waals surface area contributed by atoms with Gasteiger partial charge in [0, 0.05) is 43.6 Å². The lowest BCUT2D eigenvalue weighted by molar-refractivity contribution is -0.169. The van der Waals surface area contributed by atoms with E-state index in [1.165, 1.54) is 0 Å². The number of piperidine rings is 1. The molecule has 1 aromatic carbocycles. The summed E-state index contributed by atoms with van der Waals surface area (Å²) in [5.74, 6) is -2.44. The van der Waals surface area contributed by atoms with Gasteiger partial charge < -0.3 is 14.4 Å². The number of benzene rings is 1. The second-order valence-electron chi connectivity index (χ2n) is 8.76. The van der Waals surface area contributed by atoms with Crippen LogP contribution >= 0.6 is 11.6 Å². The summed E-state index contributed by atoms with van der Waals surface area (Å²) in [7, 11) is 0. The van der Waals surface area contributed by atoms with Gasteiger partial charge in [0.1, 0.15) is 5.75 Å². The predicted octanol–water partition coefficient (Wildman–Crippen LogP) is 4.34. The number of fused-ring (bicyclic) bond motifs is 1. The number of ether oxygens (including phenoxy) is 2. The fraction of sp³-hybridized carbons (Fsp3) is 0.478. The second kappa shape index (κ2) is 7.71. The summed E-state index contributed by atoms with van der Waals surface area (Å²) in [6.45, 7) is 1.94. The quantitative estimate of drug-likeness (QED) is 0.682. The molecule has 1 aliphatic carbocycles. The molecule has 3 aliphatic rings. The lowest BCUT2D eigenvalue weighted by Gasteiger charge is -2.54. The van der Waals surface area contributed by atoms with Crippen LogP contribution in [0.4, 0.5) is 8.78 Å². The Morgan fingerprint density at radius 3 is 2.74 bits per heavy atom. The fourth-order valence-electron chi connectivity index (χ4n) is 4.74. The number of nitrogens with zero attached hydrogens (tertiary/aromatic N) is 2. The highest BCUT2D eigenvalue weighted by Crippen LogP contribution is 2.44. The van der Waals surface area contributed by atoms with E-state index >= 15 is 0 Å². The maximum Gasteiger partial charge on any atom is 0.253 e. The molecular weight excluding hydrogens is 426 g/mol. The molecule has 0 unspecified atom stereocenters. The van der Waals surface area contributed by atoms with Crippen molar-refractivity contribution in [3.63, 3.8) is 0 Å². The van der Waals surface area contributed by atoms with Gasteiger partial charge in [0.05, 0.1) is 35.4 Å². The summed E-state index contributed by atoms with van der Waals surface area (Å²) in [5.41, 5.74) is 1.37. The number of carbonyl (C=O) groups is 1. The molecule has 31 heavy (non-hydrogen) atoms. The molecule has 2 aromatic rings. The minimum atomic E-state index is -2.57. The van der Waals surface area contributed by atoms with Crippen molar-refractivity contribution in [2.75, 3.05) is 26.3 Å². The molecule has 5 rings (SSSR count). The van der Waals surface area contributed by atoms with Crippen molar-refractivity contribution < 1.29 is 23.0 Å². The number of hydrogen-bond donors (Lipinski definition) is 0. The number of pyridine rings is 1. The highest BCUT2D eigenvalue weighted by atomic mass is 35.5. The Morgan fingerprint density at radius 1 is 1.29 bits per heavy atom. The second-order valence-corrected chi connectivity index (χ2v) is 9.17. The van der Waals surface area contributed by atoms with Crippen LogP contribution in [-0.2, 0) is 10.2 Å². The van der Waals surface area contributed by atoms with Crippen molar-refractivity contribution >= 4 is 17.5 Å². The molecule has 0 bridgehead atoms. The van der Waals surface area contributed by atoms with E-state index in [4.69, 9.17) is 21.1 Å². The van der Waals surface area contributed by atoms with Gasteiger partial charge in [-0.2, -0.15) is 0 Å². The zero-order valence-corrected chi connectivity index (χ0v) is 17.7. The predicted molar refractivity (Wildman–Crippen MR) is 111 cm³/mol. The standard InChI is InChI=1S/C23H23ClF2N2O3/c24-17-9-16(4-5-18(17)30-13-15-10-23(25,26)11-15)21(29)28-8-6-22(14-31-20(22)12-28)19-3-1-2-7-27-19/h1-5,7,9,15,20H,6,8,10-14H2/t20-,22-/m0/s1. The topological polar surface area (TPSA) is 51.7 Å². The Balaban J connectivity index is 1.21. The molecule has 1 aromatic heterocycles. The molecular formula is C23H23ClF2N2O3. The largest absolute Gasteiger partial charge is 0.492 e. The molecule has 5 nitrogen and oxygen atoms in total. The normalized spacial score (nSPS) is 27.1. The molecule has 0 radical (unpaired) electrons. The van der Waals surface area contributed by atoms with Gasteiger partial charge in [0.15, 0.2) is 0 Å². The maximum absolute atomic E-state index is 13.0. The Labute approximate surface area is 184 Å². The molecule has 0 spiro atoms. The van der Waals surface area contributed by atoms with E-state index in [9.17, 15) is 13.6 Å². The molecule has 3 fully saturated rings. The monoisotopic (exact) mass is 448 g/mol. The molecule has 1 amide bonds. The first-order chi connectivity index (χ1) is 14.9. The van der Waals surface area contributed by atoms with E-state index in [0.717, 1.165) is 12.1 Å².